The Morgan fingerprint density at radius 1 is 1.27 bits per heavy atom. The molecule has 3 rings (SSSR count). The molecule has 2 aliphatic heterocycles. The number of rotatable bonds is 4. The summed E-state index contributed by atoms with van der Waals surface area (Å²) in [5.41, 5.74) is 0.828. The predicted molar refractivity (Wildman–Crippen MR) is 79.4 cm³/mol. The van der Waals surface area contributed by atoms with E-state index in [1.807, 2.05) is 4.90 Å². The Balaban J connectivity index is 1.61. The van der Waals surface area contributed by atoms with Gasteiger partial charge in [0.25, 0.3) is 0 Å². The number of carboxylic acids is 1. The van der Waals surface area contributed by atoms with Crippen LogP contribution in [0.2, 0.25) is 0 Å². The molecule has 2 N–H and O–H groups in total. The molecule has 0 aliphatic carbocycles. The number of nitrogens with one attached hydrogen (secondary N) is 1. The predicted octanol–water partition coefficient (Wildman–Crippen LogP) is 0.942. The smallest absolute Gasteiger partial charge is 0.354 e. The van der Waals surface area contributed by atoms with E-state index in [1.54, 1.807) is 6.20 Å². The third kappa shape index (κ3) is 3.14. The summed E-state index contributed by atoms with van der Waals surface area (Å²) in [5, 5.41) is 15.5. The lowest BCUT2D eigenvalue weighted by molar-refractivity contribution is -0.136. The Labute approximate surface area is 129 Å². The van der Waals surface area contributed by atoms with E-state index in [2.05, 4.69) is 15.1 Å². The molecule has 22 heavy (non-hydrogen) atoms. The summed E-state index contributed by atoms with van der Waals surface area (Å²) < 4.78 is 0. The van der Waals surface area contributed by atoms with Crippen molar-refractivity contribution in [2.24, 2.45) is 5.92 Å². The summed E-state index contributed by atoms with van der Waals surface area (Å²) in [7, 11) is 0. The zero-order valence-electron chi connectivity index (χ0n) is 12.6. The fraction of sp³-hybridized carbons (Fsp3) is 0.667. The van der Waals surface area contributed by atoms with E-state index in [0.717, 1.165) is 45.3 Å². The van der Waals surface area contributed by atoms with Gasteiger partial charge in [-0.05, 0) is 32.2 Å². The summed E-state index contributed by atoms with van der Waals surface area (Å²) in [4.78, 5) is 27.8. The molecule has 1 aromatic heterocycles. The minimum Gasteiger partial charge on any atom is -0.477 e. The van der Waals surface area contributed by atoms with Crippen LogP contribution in [0.1, 0.15) is 41.7 Å². The van der Waals surface area contributed by atoms with Gasteiger partial charge in [0.2, 0.25) is 5.91 Å². The van der Waals surface area contributed by atoms with E-state index in [9.17, 15) is 9.59 Å². The van der Waals surface area contributed by atoms with Crippen molar-refractivity contribution in [3.63, 3.8) is 0 Å². The number of likely N-dealkylation sites (tertiary alicyclic amines) is 2. The minimum atomic E-state index is -0.991. The molecule has 120 valence electrons. The molecule has 1 unspecified atom stereocenters. The Morgan fingerprint density at radius 3 is 2.77 bits per heavy atom. The van der Waals surface area contributed by atoms with Crippen LogP contribution in [-0.4, -0.2) is 63.2 Å². The molecule has 0 spiro atoms. The maximum absolute atomic E-state index is 12.5. The number of carbonyl (C=O) groups excluding carboxylic acids is 1. The molecule has 0 bridgehead atoms. The van der Waals surface area contributed by atoms with Crippen molar-refractivity contribution in [1.82, 2.24) is 20.0 Å². The number of aromatic amines is 1. The molecule has 1 aromatic rings. The molecule has 7 nitrogen and oxygen atoms in total. The van der Waals surface area contributed by atoms with E-state index >= 15 is 0 Å². The van der Waals surface area contributed by atoms with Crippen molar-refractivity contribution < 1.29 is 14.7 Å². The normalized spacial score (nSPS) is 22.9. The average molecular weight is 306 g/mol. The van der Waals surface area contributed by atoms with Gasteiger partial charge in [-0.1, -0.05) is 0 Å². The summed E-state index contributed by atoms with van der Waals surface area (Å²) >= 11 is 0. The van der Waals surface area contributed by atoms with Gasteiger partial charge in [0.15, 0.2) is 0 Å². The fourth-order valence-corrected chi connectivity index (χ4v) is 3.45. The molecule has 0 radical (unpaired) electrons. The molecule has 2 saturated heterocycles. The number of carbonyl (C=O) groups is 2. The first-order chi connectivity index (χ1) is 10.6. The monoisotopic (exact) mass is 306 g/mol. The fourth-order valence-electron chi connectivity index (χ4n) is 3.45. The molecular weight excluding hydrogens is 284 g/mol. The quantitative estimate of drug-likeness (QED) is 0.864. The Bertz CT molecular complexity index is 551. The molecule has 1 atom stereocenters. The number of hydrogen-bond acceptors (Lipinski definition) is 4. The third-order valence-electron chi connectivity index (χ3n) is 4.60. The van der Waals surface area contributed by atoms with Crippen LogP contribution in [0.3, 0.4) is 0 Å². The van der Waals surface area contributed by atoms with Crippen molar-refractivity contribution in [2.75, 3.05) is 26.2 Å². The van der Waals surface area contributed by atoms with E-state index in [4.69, 9.17) is 5.11 Å². The molecule has 2 fully saturated rings. The lowest BCUT2D eigenvalue weighted by Crippen LogP contribution is -2.43. The maximum atomic E-state index is 12.5. The van der Waals surface area contributed by atoms with Crippen LogP contribution in [0.25, 0.3) is 0 Å². The standard InChI is InChI=1S/C15H22N4O3/c20-14(19-6-1-2-7-19)11-4-3-5-18(9-11)10-12-8-16-17-13(12)15(21)22/h8,11H,1-7,9-10H2,(H,16,17)(H,21,22). The topological polar surface area (TPSA) is 89.5 Å². The average Bonchev–Trinajstić information content (AvgIpc) is 3.18. The third-order valence-corrected chi connectivity index (χ3v) is 4.60. The van der Waals surface area contributed by atoms with Gasteiger partial charge < -0.3 is 10.0 Å². The molecular formula is C15H22N4O3. The summed E-state index contributed by atoms with van der Waals surface area (Å²) in [6.45, 7) is 3.91. The van der Waals surface area contributed by atoms with Gasteiger partial charge in [-0.2, -0.15) is 5.10 Å². The Morgan fingerprint density at radius 2 is 2.05 bits per heavy atom. The van der Waals surface area contributed by atoms with Gasteiger partial charge in [0.05, 0.1) is 12.1 Å². The zero-order valence-corrected chi connectivity index (χ0v) is 12.6. The second kappa shape index (κ2) is 6.48. The number of nitrogens with zero attached hydrogens (tertiary/aromatic N) is 3. The highest BCUT2D eigenvalue weighted by molar-refractivity contribution is 5.86. The first-order valence-electron chi connectivity index (χ1n) is 7.92. The van der Waals surface area contributed by atoms with E-state index in [-0.39, 0.29) is 17.5 Å². The van der Waals surface area contributed by atoms with Gasteiger partial charge in [0, 0.05) is 31.7 Å². The molecule has 2 aliphatic rings. The molecule has 3 heterocycles. The van der Waals surface area contributed by atoms with Gasteiger partial charge in [-0.15, -0.1) is 0 Å². The number of aromatic nitrogens is 2. The van der Waals surface area contributed by atoms with Crippen LogP contribution in [0.4, 0.5) is 0 Å². The number of H-pyrrole nitrogens is 1. The van der Waals surface area contributed by atoms with E-state index in [1.165, 1.54) is 0 Å². The first-order valence-corrected chi connectivity index (χ1v) is 7.92. The largest absolute Gasteiger partial charge is 0.477 e. The van der Waals surface area contributed by atoms with Gasteiger partial charge in [-0.3, -0.25) is 14.8 Å². The number of piperidine rings is 1. The Hall–Kier alpha value is -1.89. The van der Waals surface area contributed by atoms with Crippen molar-refractivity contribution >= 4 is 11.9 Å². The first kappa shape index (κ1) is 15.0. The van der Waals surface area contributed by atoms with Crippen LogP contribution >= 0.6 is 0 Å². The number of aromatic carboxylic acids is 1. The molecule has 7 heteroatoms. The highest BCUT2D eigenvalue weighted by Gasteiger charge is 2.31. The highest BCUT2D eigenvalue weighted by Crippen LogP contribution is 2.23. The Kier molecular flexibility index (Phi) is 4.42. The van der Waals surface area contributed by atoms with Crippen LogP contribution in [0.15, 0.2) is 6.20 Å². The summed E-state index contributed by atoms with van der Waals surface area (Å²) in [6, 6.07) is 0. The number of carboxylic acid groups (broad SMARTS) is 1. The summed E-state index contributed by atoms with van der Waals surface area (Å²) in [6.07, 6.45) is 5.70. The lowest BCUT2D eigenvalue weighted by Gasteiger charge is -2.33. The van der Waals surface area contributed by atoms with Crippen molar-refractivity contribution in [2.45, 2.75) is 32.2 Å². The molecule has 1 amide bonds. The van der Waals surface area contributed by atoms with Crippen LogP contribution in [-0.2, 0) is 11.3 Å². The van der Waals surface area contributed by atoms with Crippen molar-refractivity contribution in [1.29, 1.82) is 0 Å². The zero-order chi connectivity index (χ0) is 15.5. The van der Waals surface area contributed by atoms with Crippen molar-refractivity contribution in [3.8, 4) is 0 Å². The van der Waals surface area contributed by atoms with Crippen LogP contribution in [0, 0.1) is 5.92 Å². The van der Waals surface area contributed by atoms with E-state index in [0.29, 0.717) is 18.7 Å². The molecule has 0 aromatic carbocycles. The summed E-state index contributed by atoms with van der Waals surface area (Å²) in [5.74, 6) is -0.672. The number of amides is 1. The second-order valence-electron chi connectivity index (χ2n) is 6.18. The number of hydrogen-bond donors (Lipinski definition) is 2. The van der Waals surface area contributed by atoms with Crippen LogP contribution < -0.4 is 0 Å². The highest BCUT2D eigenvalue weighted by atomic mass is 16.4. The van der Waals surface area contributed by atoms with Crippen molar-refractivity contribution in [3.05, 3.63) is 17.5 Å². The van der Waals surface area contributed by atoms with Gasteiger partial charge in [-0.25, -0.2) is 4.79 Å². The van der Waals surface area contributed by atoms with Crippen LogP contribution in [0.5, 0.6) is 0 Å². The van der Waals surface area contributed by atoms with Gasteiger partial charge in [0.1, 0.15) is 5.69 Å². The second-order valence-corrected chi connectivity index (χ2v) is 6.18. The lowest BCUT2D eigenvalue weighted by atomic mass is 9.96. The van der Waals surface area contributed by atoms with Gasteiger partial charge >= 0.3 is 5.97 Å². The molecule has 0 saturated carbocycles. The maximum Gasteiger partial charge on any atom is 0.354 e. The SMILES string of the molecule is O=C(O)c1[nH]ncc1CN1CCCC(C(=O)N2CCCC2)C1. The van der Waals surface area contributed by atoms with E-state index < -0.39 is 5.97 Å². The minimum absolute atomic E-state index is 0.0482.